The lowest BCUT2D eigenvalue weighted by molar-refractivity contribution is -0.383. The molecule has 16 heteroatoms. The topological polar surface area (TPSA) is 75.5 Å². The van der Waals surface area contributed by atoms with Gasteiger partial charge < -0.3 is 0 Å². The van der Waals surface area contributed by atoms with E-state index in [0.29, 0.717) is 0 Å². The van der Waals surface area contributed by atoms with Crippen molar-refractivity contribution in [1.29, 1.82) is 0 Å². The van der Waals surface area contributed by atoms with E-state index in [1.807, 2.05) is 0 Å². The monoisotopic (exact) mass is 451 g/mol. The average molecular weight is 450 g/mol. The predicted octanol–water partition coefficient (Wildman–Crippen LogP) is 1.37. The highest BCUT2D eigenvalue weighted by molar-refractivity contribution is 7.55. The molecule has 0 N–H and O–H groups in total. The number of rotatable bonds is 6. The van der Waals surface area contributed by atoms with Gasteiger partial charge in [-0.25, -0.2) is 9.34 Å². The Labute approximate surface area is 187 Å². The number of nitro benzene ring substituents is 1. The Morgan fingerprint density at radius 3 is 1.88 bits per heavy atom. The molecule has 2 heterocycles. The van der Waals surface area contributed by atoms with Crippen molar-refractivity contribution in [3.05, 3.63) is 52.1 Å². The fourth-order valence-electron chi connectivity index (χ4n) is 3.49. The molecule has 2 aliphatic rings. The molecule has 0 bridgehead atoms. The summed E-state index contributed by atoms with van der Waals surface area (Å²) in [6.07, 6.45) is -5.33. The molecule has 3 unspecified atom stereocenters. The number of nitro groups is 1. The number of hydrogen-bond acceptors (Lipinski definition) is 4. The molecule has 0 amide bonds. The molecule has 2 saturated heterocycles. The number of non-ortho nitro benzene ring substituents is 1. The number of benzene rings is 2. The minimum atomic E-state index is -5.33. The van der Waals surface area contributed by atoms with Gasteiger partial charge in [0.05, 0.1) is 41.7 Å². The van der Waals surface area contributed by atoms with Crippen molar-refractivity contribution in [3.63, 3.8) is 0 Å². The van der Waals surface area contributed by atoms with Gasteiger partial charge in [-0.3, -0.25) is 19.2 Å². The van der Waals surface area contributed by atoms with Gasteiger partial charge in [-0.2, -0.15) is 13.2 Å². The van der Waals surface area contributed by atoms with Crippen LogP contribution in [0.15, 0.2) is 36.4 Å². The highest BCUT2D eigenvalue weighted by atomic mass is 31.2. The molecule has 0 aliphatic carbocycles. The summed E-state index contributed by atoms with van der Waals surface area (Å²) in [6.45, 7) is -0.544. The van der Waals surface area contributed by atoms with Gasteiger partial charge in [-0.15, -0.1) is 0 Å². The van der Waals surface area contributed by atoms with E-state index in [0.717, 1.165) is 21.5 Å². The normalized spacial score (nSPS) is 27.2. The molecule has 0 aromatic heterocycles. The van der Waals surface area contributed by atoms with Crippen LogP contribution in [0.25, 0.3) is 10.8 Å². The Bertz CT molecular complexity index is 1160. The second-order valence-electron chi connectivity index (χ2n) is 7.85. The van der Waals surface area contributed by atoms with Crippen molar-refractivity contribution in [2.24, 2.45) is 0 Å². The zero-order valence-electron chi connectivity index (χ0n) is 16.3. The minimum Gasteiger partial charge on any atom is -0.295 e. The Balaban J connectivity index is 1.91. The summed E-state index contributed by atoms with van der Waals surface area (Å²) < 4.78 is 63.7. The van der Waals surface area contributed by atoms with Crippen LogP contribution in [0.4, 0.5) is 18.9 Å². The first kappa shape index (κ1) is 23.5. The highest BCUT2D eigenvalue weighted by Crippen LogP contribution is 2.71. The van der Waals surface area contributed by atoms with E-state index in [-0.39, 0.29) is 23.9 Å². The van der Waals surface area contributed by atoms with Crippen LogP contribution >= 0.6 is 7.67 Å². The highest BCUT2D eigenvalue weighted by Gasteiger charge is 2.68. The minimum absolute atomic E-state index is 0.120. The molecule has 2 aliphatic heterocycles. The van der Waals surface area contributed by atoms with E-state index < -0.39 is 46.2 Å². The summed E-state index contributed by atoms with van der Waals surface area (Å²) in [6, 6.07) is 6.92. The van der Waals surface area contributed by atoms with Crippen LogP contribution in [0.2, 0.25) is 0 Å². The molecular weight excluding hydrogens is 440 g/mol. The molecule has 2 aromatic rings. The van der Waals surface area contributed by atoms with E-state index >= 15 is 0 Å². The fraction of sp³-hybridized carbons (Fsp3) is 0.375. The van der Waals surface area contributed by atoms with Gasteiger partial charge in [0, 0.05) is 19.2 Å². The van der Waals surface area contributed by atoms with Crippen LogP contribution in [-0.2, 0) is 14.6 Å². The van der Waals surface area contributed by atoms with Gasteiger partial charge in [-0.1, -0.05) is 18.2 Å². The Morgan fingerprint density at radius 2 is 1.47 bits per heavy atom. The van der Waals surface area contributed by atoms with E-state index in [2.05, 4.69) is 0 Å². The second kappa shape index (κ2) is 6.92. The maximum atomic E-state index is 14.4. The molecular formula is C16H10B5F3N3O4P. The lowest BCUT2D eigenvalue weighted by Gasteiger charge is -2.39. The second-order valence-corrected chi connectivity index (χ2v) is 9.98. The van der Waals surface area contributed by atoms with Crippen LogP contribution in [0.1, 0.15) is 5.56 Å². The smallest absolute Gasteiger partial charge is 0.295 e. The first-order valence-electron chi connectivity index (χ1n) is 9.09. The first-order chi connectivity index (χ1) is 14.5. The van der Waals surface area contributed by atoms with Crippen LogP contribution in [-0.4, -0.2) is 83.4 Å². The summed E-state index contributed by atoms with van der Waals surface area (Å²) in [7, 11) is 23.9. The fourth-order valence-corrected chi connectivity index (χ4v) is 6.28. The Morgan fingerprint density at radius 1 is 1.00 bits per heavy atom. The van der Waals surface area contributed by atoms with E-state index in [4.69, 9.17) is 43.8 Å². The number of fused-ring (bicyclic) bond motifs is 1. The van der Waals surface area contributed by atoms with Gasteiger partial charge >= 0.3 is 13.8 Å². The summed E-state index contributed by atoms with van der Waals surface area (Å²) in [5.41, 5.74) is -4.83. The van der Waals surface area contributed by atoms with E-state index in [1.54, 1.807) is 0 Å². The Kier molecular flexibility index (Phi) is 5.08. The zero-order chi connectivity index (χ0) is 23.9. The lowest BCUT2D eigenvalue weighted by atomic mass is 9.70. The van der Waals surface area contributed by atoms with Gasteiger partial charge in [0.1, 0.15) is 7.85 Å². The zero-order valence-corrected chi connectivity index (χ0v) is 17.2. The van der Waals surface area contributed by atoms with Crippen molar-refractivity contribution >= 4 is 63.4 Å². The van der Waals surface area contributed by atoms with Gasteiger partial charge in [0.25, 0.3) is 5.69 Å². The van der Waals surface area contributed by atoms with Crippen LogP contribution < -0.4 is 0 Å². The maximum absolute atomic E-state index is 14.4. The predicted molar refractivity (Wildman–Crippen MR) is 115 cm³/mol. The average Bonchev–Trinajstić information content (AvgIpc) is 3.53. The lowest BCUT2D eigenvalue weighted by Crippen LogP contribution is -2.46. The van der Waals surface area contributed by atoms with Gasteiger partial charge in [0.15, 0.2) is 5.50 Å². The van der Waals surface area contributed by atoms with Crippen molar-refractivity contribution in [2.75, 3.05) is 13.1 Å². The summed E-state index contributed by atoms with van der Waals surface area (Å²) in [4.78, 5) is 10.6. The molecule has 32 heavy (non-hydrogen) atoms. The summed E-state index contributed by atoms with van der Waals surface area (Å²) in [5.74, 6) is 0. The van der Waals surface area contributed by atoms with Crippen LogP contribution in [0.3, 0.4) is 0 Å². The molecule has 2 aromatic carbocycles. The summed E-state index contributed by atoms with van der Waals surface area (Å²) in [5, 5.41) is 7.56. The van der Waals surface area contributed by atoms with Crippen molar-refractivity contribution in [1.82, 2.24) is 9.34 Å². The van der Waals surface area contributed by atoms with Crippen molar-refractivity contribution in [3.8, 4) is 0 Å². The molecule has 2 fully saturated rings. The van der Waals surface area contributed by atoms with E-state index in [1.165, 1.54) is 24.3 Å². The molecule has 4 rings (SSSR count). The maximum Gasteiger partial charge on any atom is 0.413 e. The third-order valence-corrected chi connectivity index (χ3v) is 8.13. The largest absolute Gasteiger partial charge is 0.413 e. The number of alkyl halides is 3. The Hall–Kier alpha value is -1.68. The molecule has 0 spiro atoms. The summed E-state index contributed by atoms with van der Waals surface area (Å²) >= 11 is 0. The number of hydrogen-bond donors (Lipinski definition) is 0. The van der Waals surface area contributed by atoms with Crippen molar-refractivity contribution in [2.45, 2.75) is 22.4 Å². The third kappa shape index (κ3) is 3.54. The standard InChI is InChI=1S/C16H10B5F3N3O4P/c17-13(18)7-25(13)32(30,26-8-14(26,19)20)31-15(21,16(22,23)24)11-5-6-12(27(28)29)10-4-2-1-3-9(10)11/h1-6H,7-8H2. The third-order valence-electron chi connectivity index (χ3n) is 5.35. The van der Waals surface area contributed by atoms with Gasteiger partial charge in [0.2, 0.25) is 0 Å². The molecule has 10 radical (unpaired) electrons. The number of nitrogens with zero attached hydrogens (tertiary/aromatic N) is 3. The SMILES string of the molecule is [B]C1([B])CN1P(=O)(OC([B])(c1ccc([N+](=O)[O-])c2ccccc12)C(F)(F)F)N1CC1([B])[B]. The van der Waals surface area contributed by atoms with Crippen LogP contribution in [0.5, 0.6) is 0 Å². The quantitative estimate of drug-likeness (QED) is 0.218. The molecule has 0 saturated carbocycles. The number of halogens is 3. The molecule has 154 valence electrons. The molecule has 3 atom stereocenters. The molecule has 7 nitrogen and oxygen atoms in total. The first-order valence-corrected chi connectivity index (χ1v) is 10.6. The van der Waals surface area contributed by atoms with Gasteiger partial charge in [-0.05, 0) is 33.8 Å². The van der Waals surface area contributed by atoms with Crippen LogP contribution in [0, 0.1) is 10.1 Å². The van der Waals surface area contributed by atoms with E-state index in [9.17, 15) is 27.9 Å². The van der Waals surface area contributed by atoms with Crippen molar-refractivity contribution < 1.29 is 27.2 Å².